The van der Waals surface area contributed by atoms with Crippen molar-refractivity contribution in [3.05, 3.63) is 56.9 Å². The molecular formula is C13H13ClN4O3. The summed E-state index contributed by atoms with van der Waals surface area (Å²) in [5.41, 5.74) is 0.547. The van der Waals surface area contributed by atoms with Crippen molar-refractivity contribution in [3.8, 4) is 0 Å². The average molecular weight is 309 g/mol. The van der Waals surface area contributed by atoms with Crippen LogP contribution in [0.4, 0.5) is 5.69 Å². The fraction of sp³-hybridized carbons (Fsp3) is 0.231. The van der Waals surface area contributed by atoms with Gasteiger partial charge in [0, 0.05) is 43.5 Å². The highest BCUT2D eigenvalue weighted by atomic mass is 35.5. The molecule has 2 rings (SSSR count). The van der Waals surface area contributed by atoms with E-state index in [9.17, 15) is 14.9 Å². The van der Waals surface area contributed by atoms with Gasteiger partial charge in [-0.1, -0.05) is 11.6 Å². The van der Waals surface area contributed by atoms with Crippen molar-refractivity contribution >= 4 is 23.2 Å². The third-order valence-electron chi connectivity index (χ3n) is 2.91. The maximum atomic E-state index is 12.3. The van der Waals surface area contributed by atoms with E-state index in [0.717, 1.165) is 5.56 Å². The SMILES string of the molecule is CN(Cc1cnn(C)c1)C(=O)c1ccc(Cl)cc1[N+](=O)[O-]. The molecule has 0 bridgehead atoms. The van der Waals surface area contributed by atoms with E-state index < -0.39 is 10.8 Å². The molecule has 0 saturated carbocycles. The molecule has 0 aliphatic rings. The summed E-state index contributed by atoms with van der Waals surface area (Å²) >= 11 is 5.74. The number of carbonyl (C=O) groups excluding carboxylic acids is 1. The second kappa shape index (κ2) is 5.92. The lowest BCUT2D eigenvalue weighted by atomic mass is 10.1. The summed E-state index contributed by atoms with van der Waals surface area (Å²) in [6.45, 7) is 0.312. The first kappa shape index (κ1) is 15.0. The van der Waals surface area contributed by atoms with Gasteiger partial charge >= 0.3 is 0 Å². The number of nitro groups is 1. The van der Waals surface area contributed by atoms with Crippen LogP contribution < -0.4 is 0 Å². The Morgan fingerprint density at radius 3 is 2.81 bits per heavy atom. The molecule has 0 N–H and O–H groups in total. The van der Waals surface area contributed by atoms with Crippen LogP contribution in [0.2, 0.25) is 5.02 Å². The number of benzene rings is 1. The molecule has 1 aromatic carbocycles. The molecule has 7 nitrogen and oxygen atoms in total. The van der Waals surface area contributed by atoms with Crippen LogP contribution in [0.25, 0.3) is 0 Å². The molecular weight excluding hydrogens is 296 g/mol. The van der Waals surface area contributed by atoms with E-state index in [1.807, 2.05) is 0 Å². The van der Waals surface area contributed by atoms with E-state index in [-0.39, 0.29) is 16.3 Å². The number of aryl methyl sites for hydroxylation is 1. The molecule has 21 heavy (non-hydrogen) atoms. The molecule has 0 aliphatic carbocycles. The lowest BCUT2D eigenvalue weighted by Crippen LogP contribution is -2.26. The summed E-state index contributed by atoms with van der Waals surface area (Å²) in [6, 6.07) is 3.99. The first-order valence-corrected chi connectivity index (χ1v) is 6.43. The van der Waals surface area contributed by atoms with Gasteiger partial charge in [0.1, 0.15) is 5.56 Å². The Morgan fingerprint density at radius 1 is 1.52 bits per heavy atom. The van der Waals surface area contributed by atoms with Gasteiger partial charge in [0.15, 0.2) is 0 Å². The van der Waals surface area contributed by atoms with Gasteiger partial charge in [0.05, 0.1) is 11.1 Å². The van der Waals surface area contributed by atoms with Gasteiger partial charge in [-0.05, 0) is 12.1 Å². The number of hydrogen-bond donors (Lipinski definition) is 0. The number of halogens is 1. The Labute approximate surface area is 125 Å². The van der Waals surface area contributed by atoms with E-state index in [1.165, 1.54) is 23.1 Å². The summed E-state index contributed by atoms with van der Waals surface area (Å²) in [4.78, 5) is 24.2. The Kier molecular flexibility index (Phi) is 4.23. The van der Waals surface area contributed by atoms with Crippen LogP contribution in [-0.2, 0) is 13.6 Å². The predicted molar refractivity (Wildman–Crippen MR) is 77.1 cm³/mol. The van der Waals surface area contributed by atoms with Crippen molar-refractivity contribution in [2.24, 2.45) is 7.05 Å². The van der Waals surface area contributed by atoms with Gasteiger partial charge in [0.25, 0.3) is 11.6 Å². The van der Waals surface area contributed by atoms with Crippen LogP contribution in [0.15, 0.2) is 30.6 Å². The van der Waals surface area contributed by atoms with Crippen LogP contribution in [-0.4, -0.2) is 32.6 Å². The van der Waals surface area contributed by atoms with Crippen LogP contribution >= 0.6 is 11.6 Å². The Bertz CT molecular complexity index is 698. The number of nitrogens with zero attached hydrogens (tertiary/aromatic N) is 4. The minimum atomic E-state index is -0.614. The molecule has 1 amide bonds. The highest BCUT2D eigenvalue weighted by Gasteiger charge is 2.23. The Hall–Kier alpha value is -2.41. The maximum Gasteiger partial charge on any atom is 0.283 e. The monoisotopic (exact) mass is 308 g/mol. The zero-order valence-electron chi connectivity index (χ0n) is 11.5. The molecule has 0 spiro atoms. The second-order valence-electron chi connectivity index (χ2n) is 4.60. The summed E-state index contributed by atoms with van der Waals surface area (Å²) in [6.07, 6.45) is 3.42. The summed E-state index contributed by atoms with van der Waals surface area (Å²) < 4.78 is 1.62. The van der Waals surface area contributed by atoms with E-state index in [2.05, 4.69) is 5.10 Å². The number of rotatable bonds is 4. The van der Waals surface area contributed by atoms with Gasteiger partial charge in [-0.25, -0.2) is 0 Å². The Balaban J connectivity index is 2.25. The molecule has 8 heteroatoms. The molecule has 110 valence electrons. The number of aromatic nitrogens is 2. The molecule has 0 saturated heterocycles. The molecule has 0 radical (unpaired) electrons. The van der Waals surface area contributed by atoms with Gasteiger partial charge < -0.3 is 4.90 Å². The predicted octanol–water partition coefficient (Wildman–Crippen LogP) is 2.25. The van der Waals surface area contributed by atoms with Crippen LogP contribution in [0.1, 0.15) is 15.9 Å². The molecule has 2 aromatic rings. The number of amides is 1. The number of hydrogen-bond acceptors (Lipinski definition) is 4. The van der Waals surface area contributed by atoms with Crippen molar-refractivity contribution < 1.29 is 9.72 Å². The first-order valence-electron chi connectivity index (χ1n) is 6.05. The summed E-state index contributed by atoms with van der Waals surface area (Å²) in [7, 11) is 3.35. The van der Waals surface area contributed by atoms with Crippen molar-refractivity contribution in [1.82, 2.24) is 14.7 Å². The van der Waals surface area contributed by atoms with E-state index in [1.54, 1.807) is 31.2 Å². The zero-order chi connectivity index (χ0) is 15.6. The van der Waals surface area contributed by atoms with Crippen LogP contribution in [0.3, 0.4) is 0 Å². The highest BCUT2D eigenvalue weighted by Crippen LogP contribution is 2.24. The second-order valence-corrected chi connectivity index (χ2v) is 5.04. The van der Waals surface area contributed by atoms with Gasteiger partial charge in [-0.3, -0.25) is 19.6 Å². The zero-order valence-corrected chi connectivity index (χ0v) is 12.2. The lowest BCUT2D eigenvalue weighted by molar-refractivity contribution is -0.385. The number of nitro benzene ring substituents is 1. The van der Waals surface area contributed by atoms with Crippen molar-refractivity contribution in [1.29, 1.82) is 0 Å². The van der Waals surface area contributed by atoms with Gasteiger partial charge in [-0.2, -0.15) is 5.10 Å². The fourth-order valence-corrected chi connectivity index (χ4v) is 2.11. The molecule has 0 aliphatic heterocycles. The van der Waals surface area contributed by atoms with Crippen LogP contribution in [0, 0.1) is 10.1 Å². The molecule has 0 fully saturated rings. The quantitative estimate of drug-likeness (QED) is 0.641. The molecule has 0 unspecified atom stereocenters. The standard InChI is InChI=1S/C13H13ClN4O3/c1-16(7-9-6-15-17(2)8-9)13(19)11-4-3-10(14)5-12(11)18(20)21/h3-6,8H,7H2,1-2H3. The summed E-state index contributed by atoms with van der Waals surface area (Å²) in [5.74, 6) is -0.442. The third kappa shape index (κ3) is 3.38. The molecule has 0 atom stereocenters. The Morgan fingerprint density at radius 2 is 2.24 bits per heavy atom. The number of carbonyl (C=O) groups is 1. The minimum Gasteiger partial charge on any atom is -0.337 e. The largest absolute Gasteiger partial charge is 0.337 e. The fourth-order valence-electron chi connectivity index (χ4n) is 1.94. The first-order chi connectivity index (χ1) is 9.88. The smallest absolute Gasteiger partial charge is 0.283 e. The van der Waals surface area contributed by atoms with Crippen molar-refractivity contribution in [3.63, 3.8) is 0 Å². The molecule has 1 heterocycles. The minimum absolute atomic E-state index is 0.00999. The summed E-state index contributed by atoms with van der Waals surface area (Å²) in [5, 5.41) is 15.3. The van der Waals surface area contributed by atoms with Gasteiger partial charge in [0.2, 0.25) is 0 Å². The van der Waals surface area contributed by atoms with Crippen molar-refractivity contribution in [2.75, 3.05) is 7.05 Å². The van der Waals surface area contributed by atoms with E-state index in [4.69, 9.17) is 11.6 Å². The third-order valence-corrected chi connectivity index (χ3v) is 3.15. The lowest BCUT2D eigenvalue weighted by Gasteiger charge is -2.16. The maximum absolute atomic E-state index is 12.3. The average Bonchev–Trinajstić information content (AvgIpc) is 2.83. The van der Waals surface area contributed by atoms with Crippen molar-refractivity contribution in [2.45, 2.75) is 6.54 Å². The van der Waals surface area contributed by atoms with E-state index >= 15 is 0 Å². The van der Waals surface area contributed by atoms with Crippen LogP contribution in [0.5, 0.6) is 0 Å². The van der Waals surface area contributed by atoms with E-state index in [0.29, 0.717) is 6.54 Å². The normalized spacial score (nSPS) is 10.4. The highest BCUT2D eigenvalue weighted by molar-refractivity contribution is 6.31. The topological polar surface area (TPSA) is 81.3 Å². The molecule has 1 aromatic heterocycles. The van der Waals surface area contributed by atoms with Gasteiger partial charge in [-0.15, -0.1) is 0 Å².